The van der Waals surface area contributed by atoms with E-state index in [1.807, 2.05) is 13.8 Å². The molecule has 114 valence electrons. The van der Waals surface area contributed by atoms with E-state index >= 15 is 0 Å². The fourth-order valence-corrected chi connectivity index (χ4v) is 1.86. The molecule has 1 heterocycles. The van der Waals surface area contributed by atoms with Crippen molar-refractivity contribution in [2.75, 3.05) is 19.8 Å². The Morgan fingerprint density at radius 2 is 1.90 bits per heavy atom. The van der Waals surface area contributed by atoms with Gasteiger partial charge in [0.15, 0.2) is 0 Å². The molecule has 0 saturated heterocycles. The highest BCUT2D eigenvalue weighted by molar-refractivity contribution is 5.36. The highest BCUT2D eigenvalue weighted by atomic mass is 16.5. The molecule has 0 unspecified atom stereocenters. The van der Waals surface area contributed by atoms with Gasteiger partial charge in [-0.2, -0.15) is 0 Å². The number of rotatable bonds is 7. The Morgan fingerprint density at radius 3 is 2.50 bits per heavy atom. The van der Waals surface area contributed by atoms with E-state index in [1.165, 1.54) is 5.56 Å². The molecule has 0 aromatic carbocycles. The van der Waals surface area contributed by atoms with E-state index in [0.717, 1.165) is 23.7 Å². The van der Waals surface area contributed by atoms with Crippen LogP contribution in [0.2, 0.25) is 0 Å². The molecule has 20 heavy (non-hydrogen) atoms. The fourth-order valence-electron chi connectivity index (χ4n) is 1.86. The van der Waals surface area contributed by atoms with Gasteiger partial charge in [-0.25, -0.2) is 4.98 Å². The lowest BCUT2D eigenvalue weighted by molar-refractivity contribution is 0.108. The first-order valence-corrected chi connectivity index (χ1v) is 7.26. The average molecular weight is 280 g/mol. The van der Waals surface area contributed by atoms with E-state index in [-0.39, 0.29) is 5.54 Å². The van der Waals surface area contributed by atoms with Crippen LogP contribution in [0.25, 0.3) is 0 Å². The van der Waals surface area contributed by atoms with Gasteiger partial charge < -0.3 is 14.8 Å². The van der Waals surface area contributed by atoms with Gasteiger partial charge >= 0.3 is 0 Å². The normalized spacial score (nSPS) is 11.7. The second-order valence-corrected chi connectivity index (χ2v) is 6.01. The average Bonchev–Trinajstić information content (AvgIpc) is 2.32. The van der Waals surface area contributed by atoms with Gasteiger partial charge in [0.1, 0.15) is 6.61 Å². The van der Waals surface area contributed by atoms with Gasteiger partial charge in [-0.05, 0) is 53.2 Å². The van der Waals surface area contributed by atoms with E-state index in [2.05, 4.69) is 44.1 Å². The molecule has 4 heteroatoms. The number of aromatic nitrogens is 1. The highest BCUT2D eigenvalue weighted by Gasteiger charge is 2.14. The van der Waals surface area contributed by atoms with Crippen molar-refractivity contribution in [1.82, 2.24) is 10.3 Å². The number of ether oxygens (including phenoxy) is 2. The standard InChI is InChI=1S/C16H28N2O2/c1-7-19-8-9-20-15-14(11-17-16(4,5)6)12(2)10-13(3)18-15/h10,17H,7-9,11H2,1-6H3. The molecule has 1 aromatic heterocycles. The number of nitrogens with one attached hydrogen (secondary N) is 1. The Labute approximate surface area is 122 Å². The Hall–Kier alpha value is -1.13. The third kappa shape index (κ3) is 5.88. The molecule has 0 atom stereocenters. The van der Waals surface area contributed by atoms with E-state index in [9.17, 15) is 0 Å². The molecule has 0 radical (unpaired) electrons. The molecule has 0 fully saturated rings. The van der Waals surface area contributed by atoms with Crippen molar-refractivity contribution >= 4 is 0 Å². The summed E-state index contributed by atoms with van der Waals surface area (Å²) in [7, 11) is 0. The first-order valence-electron chi connectivity index (χ1n) is 7.26. The molecule has 0 bridgehead atoms. The van der Waals surface area contributed by atoms with Crippen molar-refractivity contribution < 1.29 is 9.47 Å². The molecular formula is C16H28N2O2. The van der Waals surface area contributed by atoms with Gasteiger partial charge in [0.05, 0.1) is 6.61 Å². The van der Waals surface area contributed by atoms with Crippen LogP contribution in [0.15, 0.2) is 6.07 Å². The summed E-state index contributed by atoms with van der Waals surface area (Å²) in [6, 6.07) is 2.09. The molecule has 4 nitrogen and oxygen atoms in total. The topological polar surface area (TPSA) is 43.4 Å². The van der Waals surface area contributed by atoms with Gasteiger partial charge in [0.2, 0.25) is 5.88 Å². The van der Waals surface area contributed by atoms with Crippen molar-refractivity contribution in [2.45, 2.75) is 53.6 Å². The number of aryl methyl sites for hydroxylation is 2. The lowest BCUT2D eigenvalue weighted by Crippen LogP contribution is -2.35. The lowest BCUT2D eigenvalue weighted by atomic mass is 10.1. The Kier molecular flexibility index (Phi) is 6.43. The summed E-state index contributed by atoms with van der Waals surface area (Å²) >= 11 is 0. The minimum atomic E-state index is 0.0694. The van der Waals surface area contributed by atoms with Crippen molar-refractivity contribution in [3.8, 4) is 5.88 Å². The predicted molar refractivity (Wildman–Crippen MR) is 82.3 cm³/mol. The van der Waals surface area contributed by atoms with Gasteiger partial charge in [0.25, 0.3) is 0 Å². The van der Waals surface area contributed by atoms with E-state index in [1.54, 1.807) is 0 Å². The van der Waals surface area contributed by atoms with Crippen molar-refractivity contribution in [1.29, 1.82) is 0 Å². The molecule has 0 aliphatic carbocycles. The minimum Gasteiger partial charge on any atom is -0.475 e. The minimum absolute atomic E-state index is 0.0694. The van der Waals surface area contributed by atoms with Crippen LogP contribution in [0.5, 0.6) is 5.88 Å². The summed E-state index contributed by atoms with van der Waals surface area (Å²) in [4.78, 5) is 4.51. The number of hydrogen-bond acceptors (Lipinski definition) is 4. The molecule has 0 saturated carbocycles. The van der Waals surface area contributed by atoms with E-state index < -0.39 is 0 Å². The number of pyridine rings is 1. The summed E-state index contributed by atoms with van der Waals surface area (Å²) in [5.74, 6) is 0.721. The lowest BCUT2D eigenvalue weighted by Gasteiger charge is -2.22. The maximum Gasteiger partial charge on any atom is 0.218 e. The quantitative estimate of drug-likeness (QED) is 0.780. The van der Waals surface area contributed by atoms with Crippen molar-refractivity contribution in [3.63, 3.8) is 0 Å². The predicted octanol–water partition coefficient (Wildman–Crippen LogP) is 3.00. The van der Waals surface area contributed by atoms with Gasteiger partial charge in [-0.1, -0.05) is 0 Å². The summed E-state index contributed by atoms with van der Waals surface area (Å²) < 4.78 is 11.1. The second-order valence-electron chi connectivity index (χ2n) is 6.01. The zero-order valence-electron chi connectivity index (χ0n) is 13.7. The Balaban J connectivity index is 2.79. The van der Waals surface area contributed by atoms with Crippen molar-refractivity contribution in [3.05, 3.63) is 22.9 Å². The van der Waals surface area contributed by atoms with E-state index in [4.69, 9.17) is 9.47 Å². The maximum absolute atomic E-state index is 5.79. The first-order chi connectivity index (χ1) is 9.33. The highest BCUT2D eigenvalue weighted by Crippen LogP contribution is 2.21. The second kappa shape index (κ2) is 7.60. The molecule has 0 amide bonds. The molecule has 1 N–H and O–H groups in total. The zero-order valence-corrected chi connectivity index (χ0v) is 13.7. The summed E-state index contributed by atoms with van der Waals surface area (Å²) in [6.07, 6.45) is 0. The molecule has 0 spiro atoms. The van der Waals surface area contributed by atoms with Crippen LogP contribution in [0.1, 0.15) is 44.5 Å². The van der Waals surface area contributed by atoms with Crippen LogP contribution in [0.3, 0.4) is 0 Å². The monoisotopic (exact) mass is 280 g/mol. The number of hydrogen-bond donors (Lipinski definition) is 1. The summed E-state index contributed by atoms with van der Waals surface area (Å²) in [6.45, 7) is 15.1. The van der Waals surface area contributed by atoms with Crippen LogP contribution < -0.4 is 10.1 Å². The SMILES string of the molecule is CCOCCOc1nc(C)cc(C)c1CNC(C)(C)C. The Morgan fingerprint density at radius 1 is 1.20 bits per heavy atom. The van der Waals surface area contributed by atoms with Crippen LogP contribution in [-0.4, -0.2) is 30.3 Å². The number of nitrogens with zero attached hydrogens (tertiary/aromatic N) is 1. The van der Waals surface area contributed by atoms with Gasteiger partial charge in [-0.3, -0.25) is 0 Å². The maximum atomic E-state index is 5.79. The first kappa shape index (κ1) is 16.9. The zero-order chi connectivity index (χ0) is 15.2. The Bertz CT molecular complexity index is 425. The van der Waals surface area contributed by atoms with Gasteiger partial charge in [0, 0.05) is 29.9 Å². The van der Waals surface area contributed by atoms with Crippen LogP contribution in [0.4, 0.5) is 0 Å². The fraction of sp³-hybridized carbons (Fsp3) is 0.688. The smallest absolute Gasteiger partial charge is 0.218 e. The van der Waals surface area contributed by atoms with Crippen LogP contribution in [0, 0.1) is 13.8 Å². The summed E-state index contributed by atoms with van der Waals surface area (Å²) in [5.41, 5.74) is 3.39. The third-order valence-corrected chi connectivity index (χ3v) is 2.90. The molecule has 1 rings (SSSR count). The van der Waals surface area contributed by atoms with Crippen molar-refractivity contribution in [2.24, 2.45) is 0 Å². The largest absolute Gasteiger partial charge is 0.475 e. The molecule has 0 aliphatic heterocycles. The van der Waals surface area contributed by atoms with Gasteiger partial charge in [-0.15, -0.1) is 0 Å². The van der Waals surface area contributed by atoms with E-state index in [0.29, 0.717) is 19.8 Å². The summed E-state index contributed by atoms with van der Waals surface area (Å²) in [5, 5.41) is 3.49. The molecule has 1 aromatic rings. The van der Waals surface area contributed by atoms with Crippen LogP contribution >= 0.6 is 0 Å². The third-order valence-electron chi connectivity index (χ3n) is 2.90. The van der Waals surface area contributed by atoms with Crippen LogP contribution in [-0.2, 0) is 11.3 Å². The molecular weight excluding hydrogens is 252 g/mol. The molecule has 0 aliphatic rings.